The maximum absolute atomic E-state index is 12.6. The monoisotopic (exact) mass is 525 g/mol. The third-order valence-corrected chi connectivity index (χ3v) is 6.00. The van der Waals surface area contributed by atoms with Gasteiger partial charge in [0, 0.05) is 29.7 Å². The molecule has 3 rings (SSSR count). The Morgan fingerprint density at radius 1 is 0.846 bits per heavy atom. The standard InChI is InChI=1S/C33H35NO5/c1-5-10-24-14-16-30(38-29(20-21-34-3)26-12-8-7-9-13-26)27(22-24)28-23-25(11-6-2)15-17-31(28)39-33(36)19-18-32(35)37-4/h5-9,12-19,22-23,29,34H,1-2,10-11,20-21H2,3-4H3/b19-18+. The molecule has 0 radical (unpaired) electrons. The van der Waals surface area contributed by atoms with Crippen molar-refractivity contribution in [3.8, 4) is 22.6 Å². The normalized spacial score (nSPS) is 11.5. The molecule has 0 spiro atoms. The van der Waals surface area contributed by atoms with Crippen LogP contribution in [0.3, 0.4) is 0 Å². The molecule has 6 heteroatoms. The quantitative estimate of drug-likeness (QED) is 0.117. The van der Waals surface area contributed by atoms with E-state index in [1.807, 2.05) is 67.7 Å². The Labute approximate surface area is 230 Å². The first-order valence-corrected chi connectivity index (χ1v) is 12.8. The molecule has 3 aromatic rings. The Balaban J connectivity index is 2.11. The molecule has 0 bridgehead atoms. The first-order chi connectivity index (χ1) is 19.0. The van der Waals surface area contributed by atoms with Crippen LogP contribution in [0.4, 0.5) is 0 Å². The Kier molecular flexibility index (Phi) is 11.3. The van der Waals surface area contributed by atoms with Crippen LogP contribution in [-0.4, -0.2) is 32.6 Å². The van der Waals surface area contributed by atoms with E-state index in [0.717, 1.165) is 47.4 Å². The average Bonchev–Trinajstić information content (AvgIpc) is 2.96. The lowest BCUT2D eigenvalue weighted by Gasteiger charge is -2.23. The van der Waals surface area contributed by atoms with Crippen LogP contribution in [0.1, 0.15) is 29.2 Å². The first kappa shape index (κ1) is 29.1. The number of ether oxygens (including phenoxy) is 3. The molecule has 202 valence electrons. The molecule has 6 nitrogen and oxygen atoms in total. The van der Waals surface area contributed by atoms with Gasteiger partial charge < -0.3 is 19.5 Å². The lowest BCUT2D eigenvalue weighted by atomic mass is 9.96. The lowest BCUT2D eigenvalue weighted by Crippen LogP contribution is -2.16. The fourth-order valence-corrected chi connectivity index (χ4v) is 4.09. The van der Waals surface area contributed by atoms with Gasteiger partial charge in [-0.15, -0.1) is 13.2 Å². The van der Waals surface area contributed by atoms with Gasteiger partial charge in [0.1, 0.15) is 17.6 Å². The Morgan fingerprint density at radius 3 is 2.03 bits per heavy atom. The van der Waals surface area contributed by atoms with Crippen LogP contribution in [0.2, 0.25) is 0 Å². The number of hydrogen-bond donors (Lipinski definition) is 1. The Hall–Kier alpha value is -4.42. The predicted octanol–water partition coefficient (Wildman–Crippen LogP) is 6.17. The van der Waals surface area contributed by atoms with Crippen molar-refractivity contribution in [1.82, 2.24) is 5.32 Å². The molecule has 3 aromatic carbocycles. The summed E-state index contributed by atoms with van der Waals surface area (Å²) < 4.78 is 16.9. The molecule has 0 aliphatic carbocycles. The second-order valence-electron chi connectivity index (χ2n) is 8.83. The third kappa shape index (κ3) is 8.55. The minimum absolute atomic E-state index is 0.201. The SMILES string of the molecule is C=CCc1ccc(OC(=O)/C=C/C(=O)OC)c(-c2cc(CC=C)ccc2OC(CCNC)c2ccccc2)c1. The van der Waals surface area contributed by atoms with Crippen molar-refractivity contribution in [3.63, 3.8) is 0 Å². The molecule has 0 amide bonds. The molecule has 0 aliphatic heterocycles. The fourth-order valence-electron chi connectivity index (χ4n) is 4.09. The average molecular weight is 526 g/mol. The minimum atomic E-state index is -0.695. The van der Waals surface area contributed by atoms with E-state index in [-0.39, 0.29) is 6.10 Å². The summed E-state index contributed by atoms with van der Waals surface area (Å²) in [5.74, 6) is -0.339. The van der Waals surface area contributed by atoms with E-state index in [0.29, 0.717) is 29.9 Å². The molecule has 0 heterocycles. The van der Waals surface area contributed by atoms with Gasteiger partial charge in [-0.05, 0) is 67.4 Å². The summed E-state index contributed by atoms with van der Waals surface area (Å²) in [5.41, 5.74) is 4.57. The summed E-state index contributed by atoms with van der Waals surface area (Å²) in [6.45, 7) is 8.50. The van der Waals surface area contributed by atoms with Crippen molar-refractivity contribution in [2.45, 2.75) is 25.4 Å². The third-order valence-electron chi connectivity index (χ3n) is 6.00. The zero-order valence-electron chi connectivity index (χ0n) is 22.5. The van der Waals surface area contributed by atoms with Crippen LogP contribution in [0.15, 0.2) is 104 Å². The number of methoxy groups -OCH3 is 1. The number of rotatable bonds is 14. The van der Waals surface area contributed by atoms with Gasteiger partial charge in [0.2, 0.25) is 0 Å². The lowest BCUT2D eigenvalue weighted by molar-refractivity contribution is -0.135. The minimum Gasteiger partial charge on any atom is -0.485 e. The van der Waals surface area contributed by atoms with E-state index in [2.05, 4.69) is 35.3 Å². The van der Waals surface area contributed by atoms with Crippen molar-refractivity contribution in [1.29, 1.82) is 0 Å². The van der Waals surface area contributed by atoms with Gasteiger partial charge >= 0.3 is 11.9 Å². The highest BCUT2D eigenvalue weighted by Crippen LogP contribution is 2.40. The molecule has 0 saturated carbocycles. The van der Waals surface area contributed by atoms with Crippen molar-refractivity contribution < 1.29 is 23.8 Å². The van der Waals surface area contributed by atoms with E-state index >= 15 is 0 Å². The maximum atomic E-state index is 12.6. The zero-order valence-corrected chi connectivity index (χ0v) is 22.5. The van der Waals surface area contributed by atoms with Gasteiger partial charge in [0.15, 0.2) is 0 Å². The molecule has 1 atom stereocenters. The summed E-state index contributed by atoms with van der Waals surface area (Å²) in [6, 6.07) is 21.7. The number of hydrogen-bond acceptors (Lipinski definition) is 6. The van der Waals surface area contributed by atoms with Crippen molar-refractivity contribution in [3.05, 3.63) is 121 Å². The van der Waals surface area contributed by atoms with Gasteiger partial charge in [-0.3, -0.25) is 0 Å². The molecule has 1 N–H and O–H groups in total. The molecule has 0 fully saturated rings. The van der Waals surface area contributed by atoms with Crippen molar-refractivity contribution in [2.24, 2.45) is 0 Å². The van der Waals surface area contributed by atoms with Gasteiger partial charge in [-0.25, -0.2) is 9.59 Å². The molecule has 0 saturated heterocycles. The molecule has 0 aliphatic rings. The molecule has 39 heavy (non-hydrogen) atoms. The zero-order chi connectivity index (χ0) is 28.0. The highest BCUT2D eigenvalue weighted by atomic mass is 16.5. The number of allylic oxidation sites excluding steroid dienone is 2. The smallest absolute Gasteiger partial charge is 0.336 e. The first-order valence-electron chi connectivity index (χ1n) is 12.8. The van der Waals surface area contributed by atoms with Crippen LogP contribution in [0.5, 0.6) is 11.5 Å². The molecular weight excluding hydrogens is 490 g/mol. The summed E-state index contributed by atoms with van der Waals surface area (Å²) in [4.78, 5) is 24.0. The fraction of sp³-hybridized carbons (Fsp3) is 0.212. The number of benzene rings is 3. The summed E-state index contributed by atoms with van der Waals surface area (Å²) in [5, 5.41) is 3.20. The highest BCUT2D eigenvalue weighted by molar-refractivity contribution is 5.93. The highest BCUT2D eigenvalue weighted by Gasteiger charge is 2.20. The second-order valence-corrected chi connectivity index (χ2v) is 8.83. The number of esters is 2. The van der Waals surface area contributed by atoms with Gasteiger partial charge in [0.05, 0.1) is 7.11 Å². The van der Waals surface area contributed by atoms with Crippen LogP contribution in [-0.2, 0) is 27.2 Å². The number of carbonyl (C=O) groups is 2. The number of carbonyl (C=O) groups excluding carboxylic acids is 2. The van der Waals surface area contributed by atoms with E-state index in [4.69, 9.17) is 9.47 Å². The van der Waals surface area contributed by atoms with E-state index in [1.165, 1.54) is 7.11 Å². The van der Waals surface area contributed by atoms with Crippen molar-refractivity contribution >= 4 is 11.9 Å². The van der Waals surface area contributed by atoms with E-state index in [9.17, 15) is 9.59 Å². The predicted molar refractivity (Wildman–Crippen MR) is 155 cm³/mol. The second kappa shape index (κ2) is 15.1. The molecule has 1 unspecified atom stereocenters. The molecule has 0 aromatic heterocycles. The Bertz CT molecular complexity index is 1310. The Morgan fingerprint density at radius 2 is 1.44 bits per heavy atom. The van der Waals surface area contributed by atoms with Crippen molar-refractivity contribution in [2.75, 3.05) is 20.7 Å². The van der Waals surface area contributed by atoms with E-state index < -0.39 is 11.9 Å². The van der Waals surface area contributed by atoms with Gasteiger partial charge in [0.25, 0.3) is 0 Å². The molecular formula is C33H35NO5. The van der Waals surface area contributed by atoms with Gasteiger partial charge in [-0.1, -0.05) is 54.6 Å². The van der Waals surface area contributed by atoms with Crippen LogP contribution < -0.4 is 14.8 Å². The van der Waals surface area contributed by atoms with Gasteiger partial charge in [-0.2, -0.15) is 0 Å². The van der Waals surface area contributed by atoms with E-state index in [1.54, 1.807) is 6.07 Å². The summed E-state index contributed by atoms with van der Waals surface area (Å²) >= 11 is 0. The van der Waals surface area contributed by atoms with Crippen LogP contribution in [0.25, 0.3) is 11.1 Å². The topological polar surface area (TPSA) is 73.9 Å². The summed E-state index contributed by atoms with van der Waals surface area (Å²) in [7, 11) is 3.16. The van der Waals surface area contributed by atoms with Crippen LogP contribution >= 0.6 is 0 Å². The maximum Gasteiger partial charge on any atom is 0.336 e. The van der Waals surface area contributed by atoms with Crippen LogP contribution in [0, 0.1) is 0 Å². The largest absolute Gasteiger partial charge is 0.485 e. The summed E-state index contributed by atoms with van der Waals surface area (Å²) in [6.07, 6.45) is 7.59. The number of nitrogens with one attached hydrogen (secondary N) is 1.